The van der Waals surface area contributed by atoms with E-state index in [1.54, 1.807) is 26.0 Å². The lowest BCUT2D eigenvalue weighted by Crippen LogP contribution is -2.49. The summed E-state index contributed by atoms with van der Waals surface area (Å²) in [4.78, 5) is 25.1. The smallest absolute Gasteiger partial charge is 0.304 e. The molecule has 3 unspecified atom stereocenters. The lowest BCUT2D eigenvalue weighted by atomic mass is 9.75. The fourth-order valence-electron chi connectivity index (χ4n) is 4.23. The fraction of sp³-hybridized carbons (Fsp3) is 0.605. The number of carbonyl (C=O) groups excluding carboxylic acids is 1. The average Bonchev–Trinajstić information content (AvgIpc) is 3.14. The van der Waals surface area contributed by atoms with E-state index in [1.807, 2.05) is 60.6 Å². The number of Topliss-reactive ketones (excluding diaryl/α,β-unsaturated/α-hetero) is 1. The number of likely N-dealkylation sites (N-methyl/N-ethyl adjacent to an activating group) is 1. The molecule has 0 spiro atoms. The van der Waals surface area contributed by atoms with Gasteiger partial charge in [-0.25, -0.2) is 0 Å². The van der Waals surface area contributed by atoms with Gasteiger partial charge in [0.1, 0.15) is 0 Å². The monoisotopic (exact) mass is 613 g/mol. The number of aryl methyl sites for hydroxylation is 1. The molecule has 1 aliphatic rings. The maximum Gasteiger partial charge on any atom is 0.304 e. The minimum atomic E-state index is -0.862. The molecule has 2 N–H and O–H groups in total. The number of carbonyl (C=O) groups is 2. The molecule has 0 aromatic heterocycles. The van der Waals surface area contributed by atoms with Crippen LogP contribution in [0.1, 0.15) is 112 Å². The third-order valence-corrected chi connectivity index (χ3v) is 7.50. The van der Waals surface area contributed by atoms with Crippen LogP contribution in [0.15, 0.2) is 64.9 Å². The second-order valence-corrected chi connectivity index (χ2v) is 12.4. The van der Waals surface area contributed by atoms with E-state index in [0.717, 1.165) is 12.0 Å². The first-order valence-electron chi connectivity index (χ1n) is 16.1. The molecule has 1 aliphatic carbocycles. The zero-order valence-electron chi connectivity index (χ0n) is 30.3. The molecule has 44 heavy (non-hydrogen) atoms. The molecular weight excluding hydrogens is 550 g/mol. The van der Waals surface area contributed by atoms with E-state index in [2.05, 4.69) is 63.8 Å². The number of aliphatic carboxylic acids is 1. The highest BCUT2D eigenvalue weighted by Crippen LogP contribution is 2.34. The minimum absolute atomic E-state index is 0.0217. The Morgan fingerprint density at radius 1 is 1.05 bits per heavy atom. The van der Waals surface area contributed by atoms with Gasteiger partial charge in [-0.2, -0.15) is 0 Å². The van der Waals surface area contributed by atoms with E-state index in [9.17, 15) is 14.7 Å². The topological polar surface area (TPSA) is 87.1 Å². The number of methoxy groups -OCH3 is 1. The highest BCUT2D eigenvalue weighted by molar-refractivity contribution is 5.99. The van der Waals surface area contributed by atoms with Crippen molar-refractivity contribution in [3.05, 3.63) is 76.1 Å². The van der Waals surface area contributed by atoms with Crippen LogP contribution in [-0.4, -0.2) is 65.8 Å². The number of benzene rings is 1. The minimum Gasteiger partial charge on any atom is -0.481 e. The van der Waals surface area contributed by atoms with Crippen LogP contribution in [0.25, 0.3) is 0 Å². The summed E-state index contributed by atoms with van der Waals surface area (Å²) >= 11 is 0. The Bertz CT molecular complexity index is 1130. The van der Waals surface area contributed by atoms with Gasteiger partial charge in [0.2, 0.25) is 0 Å². The predicted octanol–water partition coefficient (Wildman–Crippen LogP) is 8.69. The summed E-state index contributed by atoms with van der Waals surface area (Å²) in [5, 5.41) is 18.8. The van der Waals surface area contributed by atoms with Crippen molar-refractivity contribution in [3.63, 3.8) is 0 Å². The SMILES string of the molecule is CC.CCC.CCC(C1=CC(C)=C=C(C(=O)CN(C)CCC(=O)O)C=C1)c1cccc(C)c1.COC(C)C(C)(O)C(C)(C)C. The van der Waals surface area contributed by atoms with Gasteiger partial charge in [-0.05, 0) is 75.4 Å². The van der Waals surface area contributed by atoms with Crippen LogP contribution in [0.5, 0.6) is 0 Å². The number of allylic oxidation sites excluding steroid dienone is 4. The third kappa shape index (κ3) is 15.8. The second kappa shape index (κ2) is 21.9. The van der Waals surface area contributed by atoms with Crippen molar-refractivity contribution in [1.29, 1.82) is 0 Å². The summed E-state index contributed by atoms with van der Waals surface area (Å²) in [5.41, 5.74) is 7.40. The highest BCUT2D eigenvalue weighted by atomic mass is 16.5. The fourth-order valence-corrected chi connectivity index (χ4v) is 4.23. The Morgan fingerprint density at radius 2 is 1.61 bits per heavy atom. The lowest BCUT2D eigenvalue weighted by molar-refractivity contribution is -0.137. The van der Waals surface area contributed by atoms with E-state index in [1.165, 1.54) is 23.1 Å². The van der Waals surface area contributed by atoms with Crippen molar-refractivity contribution < 1.29 is 24.5 Å². The molecular formula is C38H63NO5. The number of hydrogen-bond donors (Lipinski definition) is 2. The van der Waals surface area contributed by atoms with E-state index in [0.29, 0.717) is 12.1 Å². The van der Waals surface area contributed by atoms with Crippen molar-refractivity contribution in [2.45, 2.75) is 120 Å². The standard InChI is InChI=1S/C24H29NO3.C9H20O2.C3H8.C2H6/c1-5-22(19-8-6-7-17(2)13-19)20-9-10-21(15-18(3)14-20)23(26)16-25(4)12-11-24(27)28;1-7(11-6)9(5,10)8(2,3)4;1-3-2;1-2/h6-10,13-14,22H,5,11-12,16H2,1-4H3,(H,27,28);7,10H,1-6H3;3H2,1-2H3;1-2H3. The summed E-state index contributed by atoms with van der Waals surface area (Å²) in [5.74, 6) is -0.651. The molecule has 0 heterocycles. The molecule has 1 aromatic rings. The lowest BCUT2D eigenvalue weighted by Gasteiger charge is -2.40. The number of ether oxygens (including phenoxy) is 1. The molecule has 6 nitrogen and oxygen atoms in total. The molecule has 0 saturated heterocycles. The summed E-state index contributed by atoms with van der Waals surface area (Å²) < 4.78 is 5.09. The number of ketones is 1. The number of carboxylic acids is 1. The number of nitrogens with zero attached hydrogens (tertiary/aromatic N) is 1. The van der Waals surface area contributed by atoms with Crippen molar-refractivity contribution in [3.8, 4) is 0 Å². The molecule has 3 atom stereocenters. The van der Waals surface area contributed by atoms with Gasteiger partial charge >= 0.3 is 5.97 Å². The molecule has 2 rings (SSSR count). The zero-order valence-corrected chi connectivity index (χ0v) is 30.3. The largest absolute Gasteiger partial charge is 0.481 e. The molecule has 0 radical (unpaired) electrons. The zero-order chi connectivity index (χ0) is 34.7. The molecule has 0 fully saturated rings. The quantitative estimate of drug-likeness (QED) is 0.243. The average molecular weight is 614 g/mol. The first-order chi connectivity index (χ1) is 20.4. The number of hydrogen-bond acceptors (Lipinski definition) is 5. The van der Waals surface area contributed by atoms with Crippen LogP contribution in [0.2, 0.25) is 0 Å². The summed E-state index contributed by atoms with van der Waals surface area (Å²) in [6.07, 6.45) is 8.06. The normalized spacial score (nSPS) is 15.2. The Morgan fingerprint density at radius 3 is 2.05 bits per heavy atom. The molecule has 0 saturated carbocycles. The van der Waals surface area contributed by atoms with Crippen LogP contribution in [-0.2, 0) is 14.3 Å². The van der Waals surface area contributed by atoms with Gasteiger partial charge in [0, 0.05) is 19.6 Å². The number of rotatable bonds is 11. The first-order valence-corrected chi connectivity index (χ1v) is 16.1. The van der Waals surface area contributed by atoms with Crippen LogP contribution in [0.4, 0.5) is 0 Å². The Kier molecular flexibility index (Phi) is 21.5. The van der Waals surface area contributed by atoms with E-state index >= 15 is 0 Å². The molecule has 0 amide bonds. The number of aliphatic hydroxyl groups is 1. The van der Waals surface area contributed by atoms with Gasteiger partial charge in [0.15, 0.2) is 5.78 Å². The molecule has 6 heteroatoms. The van der Waals surface area contributed by atoms with Crippen molar-refractivity contribution >= 4 is 11.8 Å². The van der Waals surface area contributed by atoms with Gasteiger partial charge in [0.25, 0.3) is 0 Å². The first kappa shape index (κ1) is 43.4. The highest BCUT2D eigenvalue weighted by Gasteiger charge is 2.40. The maximum absolute atomic E-state index is 12.6. The Hall–Kier alpha value is -2.76. The van der Waals surface area contributed by atoms with Crippen molar-refractivity contribution in [1.82, 2.24) is 4.90 Å². The van der Waals surface area contributed by atoms with Crippen molar-refractivity contribution in [2.75, 3.05) is 27.2 Å². The molecule has 1 aromatic carbocycles. The summed E-state index contributed by atoms with van der Waals surface area (Å²) in [7, 11) is 3.37. The van der Waals surface area contributed by atoms with Gasteiger partial charge < -0.3 is 14.9 Å². The summed E-state index contributed by atoms with van der Waals surface area (Å²) in [6, 6.07) is 8.54. The molecule has 0 aliphatic heterocycles. The van der Waals surface area contributed by atoms with Crippen LogP contribution in [0, 0.1) is 12.3 Å². The second-order valence-electron chi connectivity index (χ2n) is 12.4. The Labute approximate surface area is 269 Å². The Balaban J connectivity index is 0. The van der Waals surface area contributed by atoms with Gasteiger partial charge in [-0.1, -0.05) is 97.7 Å². The third-order valence-electron chi connectivity index (χ3n) is 7.50. The van der Waals surface area contributed by atoms with Gasteiger partial charge in [0.05, 0.1) is 30.2 Å². The molecule has 250 valence electrons. The summed E-state index contributed by atoms with van der Waals surface area (Å²) in [6.45, 7) is 24.7. The maximum atomic E-state index is 12.6. The van der Waals surface area contributed by atoms with Crippen molar-refractivity contribution in [2.24, 2.45) is 5.41 Å². The van der Waals surface area contributed by atoms with Crippen LogP contribution >= 0.6 is 0 Å². The predicted molar refractivity (Wildman–Crippen MR) is 186 cm³/mol. The van der Waals surface area contributed by atoms with Gasteiger partial charge in [-0.15, -0.1) is 5.73 Å². The molecule has 0 bridgehead atoms. The van der Waals surface area contributed by atoms with E-state index in [-0.39, 0.29) is 36.2 Å². The van der Waals surface area contributed by atoms with Crippen LogP contribution < -0.4 is 0 Å². The van der Waals surface area contributed by atoms with Crippen LogP contribution in [0.3, 0.4) is 0 Å². The van der Waals surface area contributed by atoms with E-state index in [4.69, 9.17) is 9.84 Å². The number of carboxylic acid groups (broad SMARTS) is 1. The van der Waals surface area contributed by atoms with Gasteiger partial charge in [-0.3, -0.25) is 14.5 Å². The van der Waals surface area contributed by atoms with E-state index < -0.39 is 11.6 Å².